The number of hydrogen-bond donors (Lipinski definition) is 1. The van der Waals surface area contributed by atoms with Crippen LogP contribution in [0.4, 0.5) is 67.2 Å². The average molecular weight is 517 g/mol. The number of rotatable bonds is 6. The summed E-state index contributed by atoms with van der Waals surface area (Å²) in [5, 5.41) is -2.23. The number of halogens is 14. The molecule has 1 rings (SSSR count). The summed E-state index contributed by atoms with van der Waals surface area (Å²) >= 11 is -0.984. The van der Waals surface area contributed by atoms with Crippen LogP contribution in [-0.4, -0.2) is 47.1 Å². The van der Waals surface area contributed by atoms with Gasteiger partial charge in [-0.3, -0.25) is 9.59 Å². The molecule has 0 fully saturated rings. The van der Waals surface area contributed by atoms with Crippen LogP contribution >= 0.6 is 11.8 Å². The molecule has 0 aliphatic heterocycles. The van der Waals surface area contributed by atoms with E-state index in [0.717, 1.165) is 5.32 Å². The van der Waals surface area contributed by atoms with Gasteiger partial charge in [-0.15, -0.1) is 0 Å². The van der Waals surface area contributed by atoms with Crippen molar-refractivity contribution in [1.29, 1.82) is 0 Å². The monoisotopic (exact) mass is 517 g/mol. The van der Waals surface area contributed by atoms with Gasteiger partial charge in [-0.2, -0.15) is 61.5 Å². The lowest BCUT2D eigenvalue weighted by Gasteiger charge is -2.27. The van der Waals surface area contributed by atoms with Gasteiger partial charge in [0.25, 0.3) is 5.12 Å². The van der Waals surface area contributed by atoms with Crippen molar-refractivity contribution in [1.82, 2.24) is 0 Å². The average Bonchev–Trinajstić information content (AvgIpc) is 2.59. The highest BCUT2D eigenvalue weighted by Gasteiger charge is 2.77. The van der Waals surface area contributed by atoms with Crippen molar-refractivity contribution < 1.29 is 71.1 Å². The molecule has 1 N–H and O–H groups in total. The van der Waals surface area contributed by atoms with Crippen LogP contribution < -0.4 is 5.32 Å². The number of alkyl halides is 14. The second kappa shape index (κ2) is 8.26. The Morgan fingerprint density at radius 1 is 0.688 bits per heavy atom. The number of amides is 1. The maximum atomic E-state index is 13.3. The van der Waals surface area contributed by atoms with Gasteiger partial charge in [-0.05, 0) is 30.0 Å². The first kappa shape index (κ1) is 27.8. The number of hydrogen-bond acceptors (Lipinski definition) is 3. The molecule has 32 heavy (non-hydrogen) atoms. The van der Waals surface area contributed by atoms with Gasteiger partial charge in [0, 0.05) is 10.6 Å². The second-order valence-electron chi connectivity index (χ2n) is 5.66. The Balaban J connectivity index is 3.12. The van der Waals surface area contributed by atoms with Crippen LogP contribution in [0.15, 0.2) is 29.2 Å². The molecule has 0 saturated carbocycles. The molecular weight excluding hydrogens is 512 g/mol. The van der Waals surface area contributed by atoms with Crippen molar-refractivity contribution in [2.24, 2.45) is 0 Å². The first-order valence-electron chi connectivity index (χ1n) is 7.28. The van der Waals surface area contributed by atoms with Crippen LogP contribution in [-0.2, 0) is 9.59 Å². The molecule has 0 heterocycles. The predicted octanol–water partition coefficient (Wildman–Crippen LogP) is 5.91. The summed E-state index contributed by atoms with van der Waals surface area (Å²) < 4.78 is 177. The fourth-order valence-corrected chi connectivity index (χ4v) is 2.45. The minimum atomic E-state index is -6.87. The Hall–Kier alpha value is -2.27. The molecule has 0 aliphatic carbocycles. The summed E-state index contributed by atoms with van der Waals surface area (Å²) in [5.41, 5.74) is -1.11. The molecule has 0 radical (unpaired) electrons. The summed E-state index contributed by atoms with van der Waals surface area (Å²) in [7, 11) is 0. The second-order valence-corrected chi connectivity index (χ2v) is 6.71. The highest BCUT2D eigenvalue weighted by atomic mass is 32.2. The van der Waals surface area contributed by atoms with Crippen molar-refractivity contribution in [3.05, 3.63) is 24.3 Å². The number of benzene rings is 1. The van der Waals surface area contributed by atoms with Crippen LogP contribution in [0.25, 0.3) is 0 Å². The van der Waals surface area contributed by atoms with Crippen LogP contribution in [0.3, 0.4) is 0 Å². The zero-order valence-corrected chi connectivity index (χ0v) is 15.1. The Labute approximate surface area is 171 Å². The highest BCUT2D eigenvalue weighted by molar-refractivity contribution is 8.13. The third kappa shape index (κ3) is 4.88. The molecule has 0 saturated heterocycles. The summed E-state index contributed by atoms with van der Waals surface area (Å²) in [4.78, 5) is 21.5. The molecule has 0 aromatic heterocycles. The summed E-state index contributed by atoms with van der Waals surface area (Å²) in [6.45, 7) is 0. The largest absolute Gasteiger partial charge is 0.460 e. The first-order chi connectivity index (χ1) is 14.0. The lowest BCUT2D eigenvalue weighted by Crippen LogP contribution is -2.57. The molecular formula is C14H5F14NO2S. The van der Waals surface area contributed by atoms with E-state index in [-0.39, 0.29) is 6.07 Å². The van der Waals surface area contributed by atoms with E-state index in [4.69, 9.17) is 0 Å². The Morgan fingerprint density at radius 2 is 1.12 bits per heavy atom. The maximum Gasteiger partial charge on any atom is 0.460 e. The quantitative estimate of drug-likeness (QED) is 0.377. The van der Waals surface area contributed by atoms with E-state index in [1.807, 2.05) is 0 Å². The van der Waals surface area contributed by atoms with Gasteiger partial charge in [0.2, 0.25) is 0 Å². The van der Waals surface area contributed by atoms with E-state index in [1.54, 1.807) is 0 Å². The third-order valence-corrected chi connectivity index (χ3v) is 4.28. The number of anilines is 1. The molecule has 1 amide bonds. The lowest BCUT2D eigenvalue weighted by atomic mass is 10.1. The normalized spacial score (nSPS) is 14.3. The Morgan fingerprint density at radius 3 is 1.56 bits per heavy atom. The number of carbonyl (C=O) groups excluding carboxylic acids is 2. The topological polar surface area (TPSA) is 46.2 Å². The van der Waals surface area contributed by atoms with Crippen LogP contribution in [0.2, 0.25) is 0 Å². The molecule has 0 atom stereocenters. The van der Waals surface area contributed by atoms with Crippen molar-refractivity contribution in [3.8, 4) is 0 Å². The molecule has 0 spiro atoms. The van der Waals surface area contributed by atoms with E-state index in [2.05, 4.69) is 0 Å². The van der Waals surface area contributed by atoms with E-state index >= 15 is 0 Å². The van der Waals surface area contributed by atoms with Gasteiger partial charge in [0.1, 0.15) is 0 Å². The molecule has 18 heteroatoms. The molecule has 0 aliphatic rings. The maximum absolute atomic E-state index is 13.3. The van der Waals surface area contributed by atoms with Crippen molar-refractivity contribution in [3.63, 3.8) is 0 Å². The van der Waals surface area contributed by atoms with Crippen molar-refractivity contribution >= 4 is 28.5 Å². The minimum Gasteiger partial charge on any atom is -0.321 e. The fraction of sp³-hybridized carbons (Fsp3) is 0.429. The van der Waals surface area contributed by atoms with Gasteiger partial charge in [0.15, 0.2) is 0 Å². The smallest absolute Gasteiger partial charge is 0.321 e. The highest BCUT2D eigenvalue weighted by Crippen LogP contribution is 2.49. The molecule has 0 bridgehead atoms. The van der Waals surface area contributed by atoms with Crippen LogP contribution in [0.5, 0.6) is 0 Å². The Bertz CT molecular complexity index is 810. The van der Waals surface area contributed by atoms with Gasteiger partial charge in [-0.1, -0.05) is 6.07 Å². The zero-order valence-electron chi connectivity index (χ0n) is 14.3. The number of thioether (sulfide) groups is 1. The first-order valence-corrected chi connectivity index (χ1v) is 8.10. The summed E-state index contributed by atoms with van der Waals surface area (Å²) in [6, 6.07) is 1.84. The SMILES string of the molecule is O=C(Nc1cccc(SC(=O)C(F)(F)C(F)(F)C(F)(F)F)c1)C(F)(F)C(F)(F)C(F)(F)F. The van der Waals surface area contributed by atoms with E-state index in [9.17, 15) is 71.1 Å². The number of nitrogens with one attached hydrogen (secondary N) is 1. The summed E-state index contributed by atoms with van der Waals surface area (Å²) in [6.07, 6.45) is -13.7. The lowest BCUT2D eigenvalue weighted by molar-refractivity contribution is -0.343. The summed E-state index contributed by atoms with van der Waals surface area (Å²) in [5.74, 6) is -29.6. The molecule has 1 aromatic rings. The van der Waals surface area contributed by atoms with Gasteiger partial charge in [-0.25, -0.2) is 0 Å². The van der Waals surface area contributed by atoms with E-state index < -0.39 is 69.4 Å². The molecule has 0 unspecified atom stereocenters. The van der Waals surface area contributed by atoms with E-state index in [1.165, 1.54) is 0 Å². The van der Waals surface area contributed by atoms with Crippen LogP contribution in [0, 0.1) is 0 Å². The standard InChI is InChI=1S/C14H5F14NO2S/c15-9(16,11(19,20)13(23,24)25)7(30)29-5-2-1-3-6(4-5)32-8(31)10(17,18)12(21,22)14(26,27)28/h1-4H,(H,29,30). The Kier molecular flexibility index (Phi) is 7.16. The van der Waals surface area contributed by atoms with Crippen molar-refractivity contribution in [2.45, 2.75) is 40.9 Å². The third-order valence-electron chi connectivity index (χ3n) is 3.34. The van der Waals surface area contributed by atoms with Gasteiger partial charge < -0.3 is 5.32 Å². The number of carbonyl (C=O) groups is 2. The van der Waals surface area contributed by atoms with E-state index in [0.29, 0.717) is 18.2 Å². The molecule has 1 aromatic carbocycles. The van der Waals surface area contributed by atoms with Crippen molar-refractivity contribution in [2.75, 3.05) is 5.32 Å². The van der Waals surface area contributed by atoms with Crippen LogP contribution in [0.1, 0.15) is 0 Å². The van der Waals surface area contributed by atoms with Gasteiger partial charge >= 0.3 is 41.9 Å². The zero-order chi connectivity index (χ0) is 25.6. The molecule has 3 nitrogen and oxygen atoms in total. The minimum absolute atomic E-state index is 0.185. The predicted molar refractivity (Wildman–Crippen MR) is 77.8 cm³/mol. The van der Waals surface area contributed by atoms with Gasteiger partial charge in [0.05, 0.1) is 0 Å². The molecule has 182 valence electrons. The fourth-order valence-electron chi connectivity index (χ4n) is 1.64.